The first kappa shape index (κ1) is 11.7. The number of hydrogen-bond donors (Lipinski definition) is 1. The molecule has 1 aliphatic rings. The van der Waals surface area contributed by atoms with E-state index in [-0.39, 0.29) is 0 Å². The molecule has 1 unspecified atom stereocenters. The van der Waals surface area contributed by atoms with Crippen LogP contribution in [0.3, 0.4) is 0 Å². The van der Waals surface area contributed by atoms with E-state index in [2.05, 4.69) is 23.2 Å². The summed E-state index contributed by atoms with van der Waals surface area (Å²) in [5, 5.41) is 4.19. The number of nitrogens with zero attached hydrogens (tertiary/aromatic N) is 1. The largest absolute Gasteiger partial charge is 0.370 e. The van der Waals surface area contributed by atoms with E-state index in [0.29, 0.717) is 6.04 Å². The van der Waals surface area contributed by atoms with Crippen LogP contribution in [0.15, 0.2) is 18.2 Å². The first-order chi connectivity index (χ1) is 7.70. The zero-order chi connectivity index (χ0) is 11.5. The van der Waals surface area contributed by atoms with Crippen molar-refractivity contribution in [3.63, 3.8) is 0 Å². The standard InChI is InChI=1S/C13H19ClN2/c1-10-8-11(14)5-6-13(10)16-7-3-4-12(9-16)15-2/h5-6,8,12,15H,3-4,7,9H2,1-2H3. The maximum atomic E-state index is 5.98. The van der Waals surface area contributed by atoms with E-state index in [1.165, 1.54) is 24.1 Å². The van der Waals surface area contributed by atoms with Crippen molar-refractivity contribution in [1.29, 1.82) is 0 Å². The van der Waals surface area contributed by atoms with Crippen molar-refractivity contribution in [2.45, 2.75) is 25.8 Å². The quantitative estimate of drug-likeness (QED) is 0.853. The van der Waals surface area contributed by atoms with Crippen molar-refractivity contribution in [3.05, 3.63) is 28.8 Å². The molecule has 1 heterocycles. The summed E-state index contributed by atoms with van der Waals surface area (Å²) >= 11 is 5.98. The van der Waals surface area contributed by atoms with Gasteiger partial charge in [-0.25, -0.2) is 0 Å². The van der Waals surface area contributed by atoms with Gasteiger partial charge in [-0.15, -0.1) is 0 Å². The highest BCUT2D eigenvalue weighted by Gasteiger charge is 2.19. The van der Waals surface area contributed by atoms with Gasteiger partial charge in [0.2, 0.25) is 0 Å². The number of likely N-dealkylation sites (N-methyl/N-ethyl adjacent to an activating group) is 1. The van der Waals surface area contributed by atoms with Crippen LogP contribution in [0.25, 0.3) is 0 Å². The molecule has 0 aliphatic carbocycles. The van der Waals surface area contributed by atoms with Gasteiger partial charge in [0.25, 0.3) is 0 Å². The SMILES string of the molecule is CNC1CCCN(c2ccc(Cl)cc2C)C1. The van der Waals surface area contributed by atoms with Gasteiger partial charge in [0, 0.05) is 29.8 Å². The van der Waals surface area contributed by atoms with Crippen molar-refractivity contribution in [2.75, 3.05) is 25.0 Å². The van der Waals surface area contributed by atoms with Crippen molar-refractivity contribution >= 4 is 17.3 Å². The topological polar surface area (TPSA) is 15.3 Å². The average Bonchev–Trinajstić information content (AvgIpc) is 2.29. The van der Waals surface area contributed by atoms with Gasteiger partial charge >= 0.3 is 0 Å². The monoisotopic (exact) mass is 238 g/mol. The Bertz CT molecular complexity index is 365. The Labute approximate surface area is 103 Å². The predicted octanol–water partition coefficient (Wildman–Crippen LogP) is 2.84. The Balaban J connectivity index is 2.16. The Morgan fingerprint density at radius 2 is 2.25 bits per heavy atom. The van der Waals surface area contributed by atoms with Crippen LogP contribution in [0.5, 0.6) is 0 Å². The highest BCUT2D eigenvalue weighted by molar-refractivity contribution is 6.30. The molecule has 1 aromatic carbocycles. The number of rotatable bonds is 2. The highest BCUT2D eigenvalue weighted by Crippen LogP contribution is 2.26. The molecule has 0 spiro atoms. The van der Waals surface area contributed by atoms with Crippen molar-refractivity contribution in [2.24, 2.45) is 0 Å². The van der Waals surface area contributed by atoms with Crippen LogP contribution in [0.2, 0.25) is 5.02 Å². The van der Waals surface area contributed by atoms with Gasteiger partial charge in [0.15, 0.2) is 0 Å². The van der Waals surface area contributed by atoms with E-state index < -0.39 is 0 Å². The Hall–Kier alpha value is -0.730. The van der Waals surface area contributed by atoms with Crippen LogP contribution < -0.4 is 10.2 Å². The predicted molar refractivity (Wildman–Crippen MR) is 70.5 cm³/mol. The van der Waals surface area contributed by atoms with E-state index in [1.807, 2.05) is 19.2 Å². The summed E-state index contributed by atoms with van der Waals surface area (Å²) in [4.78, 5) is 2.45. The molecular weight excluding hydrogens is 220 g/mol. The van der Waals surface area contributed by atoms with Crippen LogP contribution in [-0.2, 0) is 0 Å². The second-order valence-electron chi connectivity index (χ2n) is 4.50. The number of anilines is 1. The molecule has 88 valence electrons. The summed E-state index contributed by atoms with van der Waals surface area (Å²) in [7, 11) is 2.04. The fourth-order valence-electron chi connectivity index (χ4n) is 2.41. The molecule has 1 atom stereocenters. The van der Waals surface area contributed by atoms with Gasteiger partial charge in [-0.1, -0.05) is 11.6 Å². The lowest BCUT2D eigenvalue weighted by atomic mass is 10.0. The van der Waals surface area contributed by atoms with Crippen molar-refractivity contribution < 1.29 is 0 Å². The first-order valence-corrected chi connectivity index (χ1v) is 6.27. The lowest BCUT2D eigenvalue weighted by Crippen LogP contribution is -2.44. The van der Waals surface area contributed by atoms with E-state index in [4.69, 9.17) is 11.6 Å². The van der Waals surface area contributed by atoms with Crippen molar-refractivity contribution in [3.8, 4) is 0 Å². The van der Waals surface area contributed by atoms with Gasteiger partial charge in [-0.2, -0.15) is 0 Å². The molecule has 1 aliphatic heterocycles. The number of nitrogens with one attached hydrogen (secondary N) is 1. The Morgan fingerprint density at radius 3 is 2.94 bits per heavy atom. The number of piperidine rings is 1. The third kappa shape index (κ3) is 2.50. The summed E-state index contributed by atoms with van der Waals surface area (Å²) in [5.74, 6) is 0. The third-order valence-electron chi connectivity index (χ3n) is 3.33. The fraction of sp³-hybridized carbons (Fsp3) is 0.538. The fourth-order valence-corrected chi connectivity index (χ4v) is 2.63. The maximum Gasteiger partial charge on any atom is 0.0410 e. The third-order valence-corrected chi connectivity index (χ3v) is 3.56. The van der Waals surface area contributed by atoms with Gasteiger partial charge in [0.1, 0.15) is 0 Å². The molecule has 0 bridgehead atoms. The molecule has 1 fully saturated rings. The zero-order valence-corrected chi connectivity index (χ0v) is 10.7. The second kappa shape index (κ2) is 5.07. The molecule has 1 aromatic rings. The maximum absolute atomic E-state index is 5.98. The molecular formula is C13H19ClN2. The second-order valence-corrected chi connectivity index (χ2v) is 4.94. The van der Waals surface area contributed by atoms with Gasteiger partial charge in [-0.3, -0.25) is 0 Å². The van der Waals surface area contributed by atoms with Crippen LogP contribution in [0.1, 0.15) is 18.4 Å². The van der Waals surface area contributed by atoms with Gasteiger partial charge in [-0.05, 0) is 50.6 Å². The van der Waals surface area contributed by atoms with Gasteiger partial charge in [0.05, 0.1) is 0 Å². The highest BCUT2D eigenvalue weighted by atomic mass is 35.5. The summed E-state index contributed by atoms with van der Waals surface area (Å²) in [6.07, 6.45) is 2.53. The number of benzene rings is 1. The molecule has 0 radical (unpaired) electrons. The molecule has 1 saturated heterocycles. The van der Waals surface area contributed by atoms with Crippen molar-refractivity contribution in [1.82, 2.24) is 5.32 Å². The van der Waals surface area contributed by atoms with Crippen LogP contribution >= 0.6 is 11.6 Å². The smallest absolute Gasteiger partial charge is 0.0410 e. The van der Waals surface area contributed by atoms with E-state index in [9.17, 15) is 0 Å². The lowest BCUT2D eigenvalue weighted by molar-refractivity contribution is 0.449. The number of aryl methyl sites for hydroxylation is 1. The minimum Gasteiger partial charge on any atom is -0.370 e. The summed E-state index contributed by atoms with van der Waals surface area (Å²) in [6.45, 7) is 4.38. The van der Waals surface area contributed by atoms with Crippen LogP contribution in [0, 0.1) is 6.92 Å². The molecule has 0 aromatic heterocycles. The zero-order valence-electron chi connectivity index (χ0n) is 9.96. The first-order valence-electron chi connectivity index (χ1n) is 5.89. The number of hydrogen-bond acceptors (Lipinski definition) is 2. The van der Waals surface area contributed by atoms with E-state index in [0.717, 1.165) is 18.1 Å². The van der Waals surface area contributed by atoms with E-state index >= 15 is 0 Å². The Morgan fingerprint density at radius 1 is 1.44 bits per heavy atom. The molecule has 0 saturated carbocycles. The molecule has 16 heavy (non-hydrogen) atoms. The minimum absolute atomic E-state index is 0.615. The molecule has 2 nitrogen and oxygen atoms in total. The van der Waals surface area contributed by atoms with Crippen LogP contribution in [0.4, 0.5) is 5.69 Å². The summed E-state index contributed by atoms with van der Waals surface area (Å²) in [5.41, 5.74) is 2.59. The molecule has 3 heteroatoms. The molecule has 0 amide bonds. The summed E-state index contributed by atoms with van der Waals surface area (Å²) in [6, 6.07) is 6.77. The minimum atomic E-state index is 0.615. The normalized spacial score (nSPS) is 21.2. The van der Waals surface area contributed by atoms with E-state index in [1.54, 1.807) is 0 Å². The Kier molecular flexibility index (Phi) is 3.72. The molecule has 2 rings (SSSR count). The lowest BCUT2D eigenvalue weighted by Gasteiger charge is -2.35. The van der Waals surface area contributed by atoms with Crippen LogP contribution in [-0.4, -0.2) is 26.2 Å². The average molecular weight is 239 g/mol. The van der Waals surface area contributed by atoms with Gasteiger partial charge < -0.3 is 10.2 Å². The molecule has 1 N–H and O–H groups in total. The number of halogens is 1. The summed E-state index contributed by atoms with van der Waals surface area (Å²) < 4.78 is 0.